The van der Waals surface area contributed by atoms with E-state index >= 15 is 0 Å². The van der Waals surface area contributed by atoms with Crippen LogP contribution in [0.25, 0.3) is 0 Å². The number of aliphatic hydroxyl groups excluding tert-OH is 1. The average molecular weight is 371 g/mol. The standard InChI is InChI=1S/C18H18FN5O3/c19-14-6-1-2-7-15(14)22-18-24-23-17(27-18)16(26)21-13-9-8-12(20-11-13)5-3-4-10-25/h1-2,6-9,11,25H,3-5,10H2,(H,21,26)(H,22,24). The summed E-state index contributed by atoms with van der Waals surface area (Å²) in [5, 5.41) is 21.3. The summed E-state index contributed by atoms with van der Waals surface area (Å²) in [4.78, 5) is 16.4. The lowest BCUT2D eigenvalue weighted by Gasteiger charge is -2.04. The number of para-hydroxylation sites is 1. The number of nitrogens with one attached hydrogen (secondary N) is 2. The summed E-state index contributed by atoms with van der Waals surface area (Å²) in [7, 11) is 0. The van der Waals surface area contributed by atoms with Gasteiger partial charge in [0, 0.05) is 12.3 Å². The monoisotopic (exact) mass is 371 g/mol. The van der Waals surface area contributed by atoms with E-state index in [1.165, 1.54) is 18.3 Å². The number of carbonyl (C=O) groups is 1. The molecule has 3 rings (SSSR count). The van der Waals surface area contributed by atoms with Crippen molar-refractivity contribution < 1.29 is 18.7 Å². The van der Waals surface area contributed by atoms with Gasteiger partial charge in [0.25, 0.3) is 0 Å². The largest absolute Gasteiger partial charge is 0.399 e. The highest BCUT2D eigenvalue weighted by molar-refractivity contribution is 6.00. The number of aromatic nitrogens is 3. The summed E-state index contributed by atoms with van der Waals surface area (Å²) >= 11 is 0. The number of anilines is 3. The topological polar surface area (TPSA) is 113 Å². The first-order chi connectivity index (χ1) is 13.2. The normalized spacial score (nSPS) is 10.6. The first kappa shape index (κ1) is 18.5. The van der Waals surface area contributed by atoms with Crippen LogP contribution in [-0.2, 0) is 6.42 Å². The van der Waals surface area contributed by atoms with Crippen LogP contribution >= 0.6 is 0 Å². The SMILES string of the molecule is O=C(Nc1ccc(CCCCO)nc1)c1nnc(Nc2ccccc2F)o1. The Balaban J connectivity index is 1.58. The summed E-state index contributed by atoms with van der Waals surface area (Å²) in [6, 6.07) is 9.41. The van der Waals surface area contributed by atoms with E-state index in [0.29, 0.717) is 5.69 Å². The van der Waals surface area contributed by atoms with Crippen molar-refractivity contribution in [3.8, 4) is 0 Å². The van der Waals surface area contributed by atoms with Crippen molar-refractivity contribution in [3.05, 3.63) is 60.0 Å². The molecule has 8 nitrogen and oxygen atoms in total. The summed E-state index contributed by atoms with van der Waals surface area (Å²) in [6.07, 6.45) is 3.85. The second kappa shape index (κ2) is 8.86. The number of hydrogen-bond acceptors (Lipinski definition) is 7. The molecular weight excluding hydrogens is 353 g/mol. The highest BCUT2D eigenvalue weighted by atomic mass is 19.1. The molecule has 0 atom stereocenters. The van der Waals surface area contributed by atoms with Crippen LogP contribution < -0.4 is 10.6 Å². The van der Waals surface area contributed by atoms with Crippen LogP contribution in [0.1, 0.15) is 29.2 Å². The van der Waals surface area contributed by atoms with E-state index in [0.717, 1.165) is 25.0 Å². The third kappa shape index (κ3) is 5.08. The maximum Gasteiger partial charge on any atom is 0.320 e. The van der Waals surface area contributed by atoms with Crippen molar-refractivity contribution in [3.63, 3.8) is 0 Å². The minimum absolute atomic E-state index is 0.0948. The number of unbranched alkanes of at least 4 members (excludes halogenated alkanes) is 1. The Labute approximate surface area is 154 Å². The highest BCUT2D eigenvalue weighted by Gasteiger charge is 2.16. The Morgan fingerprint density at radius 1 is 1.15 bits per heavy atom. The van der Waals surface area contributed by atoms with Crippen LogP contribution in [0.15, 0.2) is 47.0 Å². The van der Waals surface area contributed by atoms with Gasteiger partial charge in [-0.25, -0.2) is 4.39 Å². The van der Waals surface area contributed by atoms with E-state index in [4.69, 9.17) is 9.52 Å². The van der Waals surface area contributed by atoms with Crippen molar-refractivity contribution in [2.45, 2.75) is 19.3 Å². The number of carbonyl (C=O) groups excluding carboxylic acids is 1. The minimum Gasteiger partial charge on any atom is -0.399 e. The molecule has 0 spiro atoms. The lowest BCUT2D eigenvalue weighted by atomic mass is 10.2. The molecule has 1 aromatic carbocycles. The van der Waals surface area contributed by atoms with Crippen LogP contribution in [-0.4, -0.2) is 32.8 Å². The van der Waals surface area contributed by atoms with Crippen molar-refractivity contribution in [1.82, 2.24) is 15.2 Å². The minimum atomic E-state index is -0.598. The van der Waals surface area contributed by atoms with Gasteiger partial charge in [0.05, 0.1) is 17.6 Å². The number of aliphatic hydroxyl groups is 1. The van der Waals surface area contributed by atoms with E-state index in [1.54, 1.807) is 24.3 Å². The number of halogens is 1. The van der Waals surface area contributed by atoms with Crippen LogP contribution in [0.2, 0.25) is 0 Å². The molecule has 2 aromatic heterocycles. The van der Waals surface area contributed by atoms with Gasteiger partial charge in [0.2, 0.25) is 0 Å². The Morgan fingerprint density at radius 2 is 2.00 bits per heavy atom. The molecule has 3 aromatic rings. The van der Waals surface area contributed by atoms with Gasteiger partial charge in [-0.1, -0.05) is 17.2 Å². The van der Waals surface area contributed by atoms with E-state index in [-0.39, 0.29) is 24.2 Å². The first-order valence-corrected chi connectivity index (χ1v) is 8.38. The molecule has 9 heteroatoms. The fourth-order valence-corrected chi connectivity index (χ4v) is 2.29. The molecule has 0 fully saturated rings. The van der Waals surface area contributed by atoms with Crippen LogP contribution in [0.5, 0.6) is 0 Å². The Kier molecular flexibility index (Phi) is 6.06. The molecule has 0 unspecified atom stereocenters. The lowest BCUT2D eigenvalue weighted by molar-refractivity contribution is 0.0991. The van der Waals surface area contributed by atoms with E-state index in [1.807, 2.05) is 0 Å². The molecule has 0 radical (unpaired) electrons. The summed E-state index contributed by atoms with van der Waals surface area (Å²) in [5.41, 5.74) is 1.51. The molecule has 2 heterocycles. The van der Waals surface area contributed by atoms with E-state index in [9.17, 15) is 9.18 Å². The Hall–Kier alpha value is -3.33. The number of hydrogen-bond donors (Lipinski definition) is 3. The number of amides is 1. The second-order valence-corrected chi connectivity index (χ2v) is 5.69. The molecular formula is C18H18FN5O3. The number of nitrogens with zero attached hydrogens (tertiary/aromatic N) is 3. The first-order valence-electron chi connectivity index (χ1n) is 8.38. The maximum atomic E-state index is 13.6. The van der Waals surface area contributed by atoms with Crippen molar-refractivity contribution >= 4 is 23.3 Å². The number of pyridine rings is 1. The van der Waals surface area contributed by atoms with E-state index in [2.05, 4.69) is 25.8 Å². The quantitative estimate of drug-likeness (QED) is 0.522. The van der Waals surface area contributed by atoms with Gasteiger partial charge in [0.15, 0.2) is 0 Å². The summed E-state index contributed by atoms with van der Waals surface area (Å²) < 4.78 is 18.8. The fraction of sp³-hybridized carbons (Fsp3) is 0.222. The van der Waals surface area contributed by atoms with Crippen LogP contribution in [0.3, 0.4) is 0 Å². The Morgan fingerprint density at radius 3 is 2.74 bits per heavy atom. The zero-order chi connectivity index (χ0) is 19.1. The van der Waals surface area contributed by atoms with Gasteiger partial charge < -0.3 is 20.2 Å². The molecule has 0 saturated heterocycles. The molecule has 0 aliphatic heterocycles. The van der Waals surface area contributed by atoms with Crippen LogP contribution in [0, 0.1) is 5.82 Å². The third-order valence-electron chi connectivity index (χ3n) is 3.66. The smallest absolute Gasteiger partial charge is 0.320 e. The van der Waals surface area contributed by atoms with Crippen molar-refractivity contribution in [1.29, 1.82) is 0 Å². The van der Waals surface area contributed by atoms with Crippen molar-refractivity contribution in [2.75, 3.05) is 17.2 Å². The number of rotatable bonds is 8. The highest BCUT2D eigenvalue weighted by Crippen LogP contribution is 2.19. The lowest BCUT2D eigenvalue weighted by Crippen LogP contribution is -2.12. The fourth-order valence-electron chi connectivity index (χ4n) is 2.29. The van der Waals surface area contributed by atoms with Gasteiger partial charge in [-0.05, 0) is 43.5 Å². The van der Waals surface area contributed by atoms with Gasteiger partial charge in [-0.3, -0.25) is 9.78 Å². The maximum absolute atomic E-state index is 13.6. The predicted octanol–water partition coefficient (Wildman–Crippen LogP) is 2.91. The summed E-state index contributed by atoms with van der Waals surface area (Å²) in [6.45, 7) is 0.159. The van der Waals surface area contributed by atoms with Gasteiger partial charge >= 0.3 is 17.8 Å². The summed E-state index contributed by atoms with van der Waals surface area (Å²) in [5.74, 6) is -1.34. The number of aryl methyl sites for hydroxylation is 1. The Bertz CT molecular complexity index is 898. The van der Waals surface area contributed by atoms with Crippen molar-refractivity contribution in [2.24, 2.45) is 0 Å². The van der Waals surface area contributed by atoms with Gasteiger partial charge in [-0.2, -0.15) is 0 Å². The van der Waals surface area contributed by atoms with Gasteiger partial charge in [-0.15, -0.1) is 5.10 Å². The van der Waals surface area contributed by atoms with Gasteiger partial charge in [0.1, 0.15) is 5.82 Å². The molecule has 140 valence electrons. The molecule has 1 amide bonds. The molecule has 0 aliphatic carbocycles. The number of benzene rings is 1. The predicted molar refractivity (Wildman–Crippen MR) is 96.2 cm³/mol. The molecule has 3 N–H and O–H groups in total. The molecule has 0 aliphatic rings. The van der Waals surface area contributed by atoms with Crippen LogP contribution in [0.4, 0.5) is 21.8 Å². The third-order valence-corrected chi connectivity index (χ3v) is 3.66. The second-order valence-electron chi connectivity index (χ2n) is 5.69. The molecule has 27 heavy (non-hydrogen) atoms. The van der Waals surface area contributed by atoms with E-state index < -0.39 is 11.7 Å². The zero-order valence-corrected chi connectivity index (χ0v) is 14.4. The average Bonchev–Trinajstić information content (AvgIpc) is 3.14. The zero-order valence-electron chi connectivity index (χ0n) is 14.4. The molecule has 0 saturated carbocycles. The molecule has 0 bridgehead atoms.